The first-order valence-electron chi connectivity index (χ1n) is 5.51. The number of nitrogens with zero attached hydrogens (tertiary/aromatic N) is 2. The molecule has 0 saturated heterocycles. The minimum atomic E-state index is 0.450. The van der Waals surface area contributed by atoms with Crippen LogP contribution >= 0.6 is 0 Å². The van der Waals surface area contributed by atoms with E-state index in [1.807, 2.05) is 27.0 Å². The molecule has 0 aliphatic carbocycles. The van der Waals surface area contributed by atoms with E-state index in [0.29, 0.717) is 12.0 Å². The van der Waals surface area contributed by atoms with Crippen LogP contribution in [0.4, 0.5) is 0 Å². The van der Waals surface area contributed by atoms with Crippen molar-refractivity contribution in [1.82, 2.24) is 15.3 Å². The second kappa shape index (κ2) is 5.21. The molecule has 3 nitrogen and oxygen atoms in total. The quantitative estimate of drug-likeness (QED) is 0.819. The zero-order valence-corrected chi connectivity index (χ0v) is 10.3. The molecule has 1 rings (SSSR count). The Kier molecular flexibility index (Phi) is 4.21. The summed E-state index contributed by atoms with van der Waals surface area (Å²) in [7, 11) is 1.99. The van der Waals surface area contributed by atoms with Crippen molar-refractivity contribution in [3.8, 4) is 0 Å². The van der Waals surface area contributed by atoms with Crippen LogP contribution in [0, 0.1) is 19.8 Å². The Morgan fingerprint density at radius 1 is 1.20 bits per heavy atom. The van der Waals surface area contributed by atoms with Gasteiger partial charge in [-0.15, -0.1) is 0 Å². The Balaban J connectivity index is 2.79. The minimum Gasteiger partial charge on any atom is -0.316 e. The van der Waals surface area contributed by atoms with Gasteiger partial charge in [0.15, 0.2) is 0 Å². The van der Waals surface area contributed by atoms with E-state index in [1.165, 1.54) is 0 Å². The summed E-state index contributed by atoms with van der Waals surface area (Å²) in [5.41, 5.74) is 2.10. The highest BCUT2D eigenvalue weighted by Crippen LogP contribution is 2.08. The fourth-order valence-electron chi connectivity index (χ4n) is 1.76. The van der Waals surface area contributed by atoms with Gasteiger partial charge in [-0.1, -0.05) is 13.8 Å². The van der Waals surface area contributed by atoms with Gasteiger partial charge in [0.1, 0.15) is 5.82 Å². The Morgan fingerprint density at radius 3 is 2.13 bits per heavy atom. The third kappa shape index (κ3) is 3.59. The van der Waals surface area contributed by atoms with Crippen LogP contribution in [0.1, 0.15) is 31.1 Å². The van der Waals surface area contributed by atoms with E-state index in [4.69, 9.17) is 0 Å². The molecule has 1 unspecified atom stereocenters. The van der Waals surface area contributed by atoms with Gasteiger partial charge >= 0.3 is 0 Å². The molecule has 0 aliphatic heterocycles. The molecule has 0 fully saturated rings. The molecule has 1 aromatic heterocycles. The molecule has 0 amide bonds. The average Bonchev–Trinajstić information content (AvgIpc) is 2.12. The summed E-state index contributed by atoms with van der Waals surface area (Å²) in [5.74, 6) is 1.54. The molecule has 84 valence electrons. The molecule has 0 bridgehead atoms. The molecular formula is C12H21N3. The van der Waals surface area contributed by atoms with Crippen molar-refractivity contribution in [2.75, 3.05) is 7.05 Å². The van der Waals surface area contributed by atoms with Crippen LogP contribution in [-0.2, 0) is 6.42 Å². The largest absolute Gasteiger partial charge is 0.316 e. The van der Waals surface area contributed by atoms with Crippen LogP contribution in [0.2, 0.25) is 0 Å². The number of aryl methyl sites for hydroxylation is 2. The first-order chi connectivity index (χ1) is 7.02. The van der Waals surface area contributed by atoms with Gasteiger partial charge in [-0.3, -0.25) is 0 Å². The van der Waals surface area contributed by atoms with Crippen molar-refractivity contribution < 1.29 is 0 Å². The van der Waals surface area contributed by atoms with Crippen LogP contribution in [0.3, 0.4) is 0 Å². The Morgan fingerprint density at radius 2 is 1.73 bits per heavy atom. The molecule has 0 spiro atoms. The zero-order chi connectivity index (χ0) is 11.4. The summed E-state index contributed by atoms with van der Waals surface area (Å²) < 4.78 is 0. The maximum atomic E-state index is 4.45. The Bertz CT molecular complexity index is 300. The molecule has 0 saturated carbocycles. The maximum Gasteiger partial charge on any atom is 0.130 e. The van der Waals surface area contributed by atoms with E-state index < -0.39 is 0 Å². The number of nitrogens with one attached hydrogen (secondary N) is 1. The highest BCUT2D eigenvalue weighted by Gasteiger charge is 2.13. The van der Waals surface area contributed by atoms with Gasteiger partial charge in [-0.05, 0) is 32.9 Å². The van der Waals surface area contributed by atoms with Crippen molar-refractivity contribution in [3.63, 3.8) is 0 Å². The van der Waals surface area contributed by atoms with Crippen LogP contribution < -0.4 is 5.32 Å². The van der Waals surface area contributed by atoms with Gasteiger partial charge < -0.3 is 5.32 Å². The molecule has 0 radical (unpaired) electrons. The number of hydrogen-bond acceptors (Lipinski definition) is 3. The lowest BCUT2D eigenvalue weighted by Crippen LogP contribution is -2.33. The molecular weight excluding hydrogens is 186 g/mol. The van der Waals surface area contributed by atoms with E-state index in [2.05, 4.69) is 29.1 Å². The van der Waals surface area contributed by atoms with Crippen LogP contribution in [-0.4, -0.2) is 23.1 Å². The van der Waals surface area contributed by atoms with E-state index in [9.17, 15) is 0 Å². The summed E-state index contributed by atoms with van der Waals surface area (Å²) in [6.45, 7) is 8.46. The minimum absolute atomic E-state index is 0.450. The van der Waals surface area contributed by atoms with Gasteiger partial charge in [-0.25, -0.2) is 9.97 Å². The predicted molar refractivity (Wildman–Crippen MR) is 62.9 cm³/mol. The molecule has 0 aromatic carbocycles. The van der Waals surface area contributed by atoms with Crippen LogP contribution in [0.25, 0.3) is 0 Å². The van der Waals surface area contributed by atoms with E-state index in [0.717, 1.165) is 23.6 Å². The lowest BCUT2D eigenvalue weighted by molar-refractivity contribution is 0.417. The van der Waals surface area contributed by atoms with Gasteiger partial charge in [0.2, 0.25) is 0 Å². The topological polar surface area (TPSA) is 37.8 Å². The van der Waals surface area contributed by atoms with Crippen molar-refractivity contribution in [1.29, 1.82) is 0 Å². The molecule has 1 N–H and O–H groups in total. The first kappa shape index (κ1) is 12.1. The second-order valence-corrected chi connectivity index (χ2v) is 4.41. The third-order valence-corrected chi connectivity index (χ3v) is 2.61. The summed E-state index contributed by atoms with van der Waals surface area (Å²) in [6.07, 6.45) is 0.899. The first-order valence-corrected chi connectivity index (χ1v) is 5.51. The maximum absolute atomic E-state index is 4.45. The van der Waals surface area contributed by atoms with Crippen LogP contribution in [0.5, 0.6) is 0 Å². The smallest absolute Gasteiger partial charge is 0.130 e. The molecule has 0 aliphatic rings. The number of likely N-dealkylation sites (N-methyl/N-ethyl adjacent to an activating group) is 1. The number of aromatic nitrogens is 2. The van der Waals surface area contributed by atoms with Gasteiger partial charge in [0.25, 0.3) is 0 Å². The third-order valence-electron chi connectivity index (χ3n) is 2.61. The van der Waals surface area contributed by atoms with Crippen molar-refractivity contribution in [2.24, 2.45) is 5.92 Å². The second-order valence-electron chi connectivity index (χ2n) is 4.41. The standard InChI is InChI=1S/C12H21N3/c1-8(2)11(13-5)7-12-14-9(3)6-10(4)15-12/h6,8,11,13H,7H2,1-5H3. The van der Waals surface area contributed by atoms with E-state index in [1.54, 1.807) is 0 Å². The highest BCUT2D eigenvalue weighted by molar-refractivity contribution is 5.09. The van der Waals surface area contributed by atoms with Crippen molar-refractivity contribution in [3.05, 3.63) is 23.3 Å². The predicted octanol–water partition coefficient (Wildman–Crippen LogP) is 1.88. The monoisotopic (exact) mass is 207 g/mol. The van der Waals surface area contributed by atoms with Gasteiger partial charge in [0.05, 0.1) is 0 Å². The summed E-state index contributed by atoms with van der Waals surface area (Å²) >= 11 is 0. The molecule has 1 aromatic rings. The highest BCUT2D eigenvalue weighted by atomic mass is 14.9. The van der Waals surface area contributed by atoms with Crippen molar-refractivity contribution >= 4 is 0 Å². The lowest BCUT2D eigenvalue weighted by Gasteiger charge is -2.19. The summed E-state index contributed by atoms with van der Waals surface area (Å²) in [6, 6.07) is 2.46. The number of hydrogen-bond donors (Lipinski definition) is 1. The molecule has 3 heteroatoms. The van der Waals surface area contributed by atoms with Crippen LogP contribution in [0.15, 0.2) is 6.07 Å². The zero-order valence-electron chi connectivity index (χ0n) is 10.3. The SMILES string of the molecule is CNC(Cc1nc(C)cc(C)n1)C(C)C. The van der Waals surface area contributed by atoms with Gasteiger partial charge in [-0.2, -0.15) is 0 Å². The Hall–Kier alpha value is -0.960. The molecule has 1 heterocycles. The fraction of sp³-hybridized carbons (Fsp3) is 0.667. The molecule has 1 atom stereocenters. The fourth-order valence-corrected chi connectivity index (χ4v) is 1.76. The normalized spacial score (nSPS) is 13.2. The summed E-state index contributed by atoms with van der Waals surface area (Å²) in [5, 5.41) is 3.31. The van der Waals surface area contributed by atoms with E-state index in [-0.39, 0.29) is 0 Å². The average molecular weight is 207 g/mol. The Labute approximate surface area is 92.3 Å². The number of rotatable bonds is 4. The van der Waals surface area contributed by atoms with Crippen molar-refractivity contribution in [2.45, 2.75) is 40.2 Å². The lowest BCUT2D eigenvalue weighted by atomic mass is 10.0. The molecule has 15 heavy (non-hydrogen) atoms. The van der Waals surface area contributed by atoms with Gasteiger partial charge in [0, 0.05) is 23.9 Å². The van der Waals surface area contributed by atoms with E-state index >= 15 is 0 Å². The summed E-state index contributed by atoms with van der Waals surface area (Å²) in [4.78, 5) is 8.91.